The third-order valence-corrected chi connectivity index (χ3v) is 5.51. The largest absolute Gasteiger partial charge is 0.489 e. The molecule has 5 nitrogen and oxygen atoms in total. The summed E-state index contributed by atoms with van der Waals surface area (Å²) < 4.78 is 11.0. The molecule has 2 aromatic carbocycles. The van der Waals surface area contributed by atoms with Gasteiger partial charge in [0.1, 0.15) is 36.9 Å². The van der Waals surface area contributed by atoms with E-state index < -0.39 is 17.6 Å². The van der Waals surface area contributed by atoms with Crippen LogP contribution >= 0.6 is 34.8 Å². The Bertz CT molecular complexity index is 747. The second-order valence-electron chi connectivity index (χ2n) is 7.18. The fourth-order valence-electron chi connectivity index (χ4n) is 2.65. The minimum Gasteiger partial charge on any atom is -0.489 e. The first kappa shape index (κ1) is 24.1. The highest BCUT2D eigenvalue weighted by molar-refractivity contribution is 6.32. The Kier molecular flexibility index (Phi) is 8.89. The molecule has 0 spiro atoms. The van der Waals surface area contributed by atoms with E-state index in [-0.39, 0.29) is 25.7 Å². The molecule has 0 saturated carbocycles. The number of halogens is 3. The van der Waals surface area contributed by atoms with Gasteiger partial charge in [-0.15, -0.1) is 11.6 Å². The summed E-state index contributed by atoms with van der Waals surface area (Å²) in [5.41, 5.74) is 1.48. The quantitative estimate of drug-likeness (QED) is 0.464. The van der Waals surface area contributed by atoms with Gasteiger partial charge in [0, 0.05) is 5.41 Å². The van der Waals surface area contributed by atoms with Crippen LogP contribution in [-0.2, 0) is 5.41 Å². The van der Waals surface area contributed by atoms with Gasteiger partial charge in [0.05, 0.1) is 22.5 Å². The molecule has 0 amide bonds. The van der Waals surface area contributed by atoms with Crippen molar-refractivity contribution in [3.05, 3.63) is 57.6 Å². The molecular weight excluding hydrogens is 439 g/mol. The maximum absolute atomic E-state index is 9.52. The van der Waals surface area contributed by atoms with Crippen LogP contribution in [0.25, 0.3) is 0 Å². The number of ether oxygens (including phenoxy) is 2. The van der Waals surface area contributed by atoms with Crippen molar-refractivity contribution in [3.63, 3.8) is 0 Å². The second kappa shape index (κ2) is 10.7. The van der Waals surface area contributed by atoms with Gasteiger partial charge < -0.3 is 24.8 Å². The molecule has 8 heteroatoms. The molecule has 0 fully saturated rings. The van der Waals surface area contributed by atoms with E-state index in [4.69, 9.17) is 49.4 Å². The number of rotatable bonds is 10. The highest BCUT2D eigenvalue weighted by Gasteiger charge is 2.25. The molecule has 0 radical (unpaired) electrons. The van der Waals surface area contributed by atoms with Gasteiger partial charge in [-0.25, -0.2) is 0 Å². The average molecular weight is 464 g/mol. The van der Waals surface area contributed by atoms with Crippen LogP contribution in [0.2, 0.25) is 10.0 Å². The Morgan fingerprint density at radius 3 is 1.69 bits per heavy atom. The lowest BCUT2D eigenvalue weighted by molar-refractivity contribution is 0.0536. The number of hydrogen-bond donors (Lipinski definition) is 3. The molecule has 0 aliphatic heterocycles. The Labute approximate surface area is 185 Å². The summed E-state index contributed by atoms with van der Waals surface area (Å²) in [6.45, 7) is 3.72. The molecule has 0 heterocycles. The van der Waals surface area contributed by atoms with Gasteiger partial charge in [0.15, 0.2) is 0 Å². The predicted octanol–water partition coefficient (Wildman–Crippen LogP) is 4.03. The fraction of sp³-hybridized carbons (Fsp3) is 0.429. The zero-order valence-corrected chi connectivity index (χ0v) is 18.5. The van der Waals surface area contributed by atoms with Gasteiger partial charge in [-0.2, -0.15) is 0 Å². The van der Waals surface area contributed by atoms with Crippen LogP contribution in [-0.4, -0.2) is 53.2 Å². The van der Waals surface area contributed by atoms with Crippen molar-refractivity contribution < 1.29 is 24.8 Å². The van der Waals surface area contributed by atoms with Crippen molar-refractivity contribution in [1.82, 2.24) is 0 Å². The first-order chi connectivity index (χ1) is 13.7. The summed E-state index contributed by atoms with van der Waals surface area (Å²) >= 11 is 18.3. The molecule has 160 valence electrons. The van der Waals surface area contributed by atoms with E-state index in [2.05, 4.69) is 0 Å². The maximum atomic E-state index is 9.52. The first-order valence-electron chi connectivity index (χ1n) is 9.07. The summed E-state index contributed by atoms with van der Waals surface area (Å²) in [5, 5.41) is 28.6. The SMILES string of the molecule is CC(C)(c1ccc(OC[C@H](O)CO)c(Cl)c1)c1ccc(OC[C@H](O)CCl)c(Cl)c1. The van der Waals surface area contributed by atoms with Crippen molar-refractivity contribution in [2.24, 2.45) is 0 Å². The molecule has 0 aliphatic rings. The Morgan fingerprint density at radius 1 is 0.862 bits per heavy atom. The molecule has 0 bridgehead atoms. The molecule has 0 aliphatic carbocycles. The molecule has 2 aromatic rings. The van der Waals surface area contributed by atoms with Crippen LogP contribution in [0.4, 0.5) is 0 Å². The normalized spacial score (nSPS) is 13.8. The van der Waals surface area contributed by atoms with Crippen molar-refractivity contribution in [1.29, 1.82) is 0 Å². The molecular formula is C21H25Cl3O5. The monoisotopic (exact) mass is 462 g/mol. The van der Waals surface area contributed by atoms with E-state index >= 15 is 0 Å². The van der Waals surface area contributed by atoms with Crippen LogP contribution in [0, 0.1) is 0 Å². The van der Waals surface area contributed by atoms with Gasteiger partial charge in [0.2, 0.25) is 0 Å². The standard InChI is InChI=1S/C21H25Cl3O5/c1-21(2,13-3-5-19(17(23)7-13)28-11-15(26)9-22)14-4-6-20(18(24)8-14)29-12-16(27)10-25/h3-8,15-16,25-27H,9-12H2,1-2H3/t15-,16-/m1/s1. The summed E-state index contributed by atoms with van der Waals surface area (Å²) in [6, 6.07) is 10.9. The summed E-state index contributed by atoms with van der Waals surface area (Å²) in [4.78, 5) is 0. The van der Waals surface area contributed by atoms with E-state index in [1.165, 1.54) is 0 Å². The Hall–Kier alpha value is -1.21. The first-order valence-corrected chi connectivity index (χ1v) is 10.4. The zero-order valence-electron chi connectivity index (χ0n) is 16.2. The van der Waals surface area contributed by atoms with Crippen LogP contribution in [0.3, 0.4) is 0 Å². The second-order valence-corrected chi connectivity index (χ2v) is 8.30. The number of alkyl halides is 1. The highest BCUT2D eigenvalue weighted by Crippen LogP contribution is 2.38. The van der Waals surface area contributed by atoms with Gasteiger partial charge in [0.25, 0.3) is 0 Å². The van der Waals surface area contributed by atoms with E-state index in [9.17, 15) is 10.2 Å². The van der Waals surface area contributed by atoms with E-state index in [1.54, 1.807) is 18.2 Å². The lowest BCUT2D eigenvalue weighted by Crippen LogP contribution is -2.22. The van der Waals surface area contributed by atoms with Gasteiger partial charge in [-0.05, 0) is 35.4 Å². The maximum Gasteiger partial charge on any atom is 0.138 e. The lowest BCUT2D eigenvalue weighted by atomic mass is 9.78. The molecule has 0 unspecified atom stereocenters. The van der Waals surface area contributed by atoms with Gasteiger partial charge >= 0.3 is 0 Å². The third-order valence-electron chi connectivity index (χ3n) is 4.56. The van der Waals surface area contributed by atoms with Crippen molar-refractivity contribution in [2.45, 2.75) is 31.5 Å². The fourth-order valence-corrected chi connectivity index (χ4v) is 3.21. The van der Waals surface area contributed by atoms with Crippen LogP contribution in [0.1, 0.15) is 25.0 Å². The van der Waals surface area contributed by atoms with Crippen LogP contribution in [0.5, 0.6) is 11.5 Å². The summed E-state index contributed by atoms with van der Waals surface area (Å²) in [7, 11) is 0. The van der Waals surface area contributed by atoms with Crippen molar-refractivity contribution in [2.75, 3.05) is 25.7 Å². The zero-order chi connectivity index (χ0) is 21.6. The van der Waals surface area contributed by atoms with E-state index in [1.807, 2.05) is 32.0 Å². The minimum atomic E-state index is -0.962. The van der Waals surface area contributed by atoms with Gasteiger partial charge in [-0.1, -0.05) is 49.2 Å². The molecule has 2 atom stereocenters. The molecule has 0 saturated heterocycles. The number of hydrogen-bond acceptors (Lipinski definition) is 5. The smallest absolute Gasteiger partial charge is 0.138 e. The topological polar surface area (TPSA) is 79.2 Å². The Morgan fingerprint density at radius 2 is 1.31 bits per heavy atom. The van der Waals surface area contributed by atoms with E-state index in [0.29, 0.717) is 21.5 Å². The lowest BCUT2D eigenvalue weighted by Gasteiger charge is -2.27. The van der Waals surface area contributed by atoms with Gasteiger partial charge in [-0.3, -0.25) is 0 Å². The minimum absolute atomic E-state index is 0.0472. The molecule has 29 heavy (non-hydrogen) atoms. The van der Waals surface area contributed by atoms with Crippen molar-refractivity contribution >= 4 is 34.8 Å². The van der Waals surface area contributed by atoms with Crippen molar-refractivity contribution in [3.8, 4) is 11.5 Å². The average Bonchev–Trinajstić information content (AvgIpc) is 2.71. The number of aliphatic hydroxyl groups is 3. The number of benzene rings is 2. The Balaban J connectivity index is 2.19. The predicted molar refractivity (Wildman–Crippen MR) is 116 cm³/mol. The summed E-state index contributed by atoms with van der Waals surface area (Å²) in [6.07, 6.45) is -1.72. The molecule has 2 rings (SSSR count). The summed E-state index contributed by atoms with van der Waals surface area (Å²) in [5.74, 6) is 0.986. The molecule has 3 N–H and O–H groups in total. The van der Waals surface area contributed by atoms with Crippen LogP contribution in [0.15, 0.2) is 36.4 Å². The van der Waals surface area contributed by atoms with Crippen LogP contribution < -0.4 is 9.47 Å². The van der Waals surface area contributed by atoms with E-state index in [0.717, 1.165) is 11.1 Å². The highest BCUT2D eigenvalue weighted by atomic mass is 35.5. The third kappa shape index (κ3) is 6.38. The molecule has 0 aromatic heterocycles. The number of aliphatic hydroxyl groups excluding tert-OH is 3.